The zero-order valence-corrected chi connectivity index (χ0v) is 15.8. The first-order valence-corrected chi connectivity index (χ1v) is 9.02. The normalized spacial score (nSPS) is 14.1. The number of halogens is 1. The van der Waals surface area contributed by atoms with Gasteiger partial charge >= 0.3 is 0 Å². The summed E-state index contributed by atoms with van der Waals surface area (Å²) >= 11 is 0. The molecule has 1 aliphatic heterocycles. The number of Topliss-reactive ketones (excluding diaryl/α,β-unsaturated/α-hetero) is 1. The number of ketones is 1. The van der Waals surface area contributed by atoms with Gasteiger partial charge in [0.2, 0.25) is 5.91 Å². The number of anilines is 1. The molecule has 7 nitrogen and oxygen atoms in total. The Kier molecular flexibility index (Phi) is 5.77. The summed E-state index contributed by atoms with van der Waals surface area (Å²) in [5, 5.41) is 2.60. The molecule has 2 aromatic rings. The van der Waals surface area contributed by atoms with E-state index >= 15 is 0 Å². The van der Waals surface area contributed by atoms with Crippen LogP contribution in [0, 0.1) is 12.7 Å². The van der Waals surface area contributed by atoms with Gasteiger partial charge in [0.25, 0.3) is 5.91 Å². The summed E-state index contributed by atoms with van der Waals surface area (Å²) in [5.74, 6) is -0.687. The van der Waals surface area contributed by atoms with Crippen molar-refractivity contribution in [2.45, 2.75) is 13.8 Å². The Morgan fingerprint density at radius 3 is 2.43 bits per heavy atom. The molecule has 2 amide bonds. The van der Waals surface area contributed by atoms with Crippen LogP contribution in [0.25, 0.3) is 0 Å². The van der Waals surface area contributed by atoms with E-state index in [-0.39, 0.29) is 24.1 Å². The predicted octanol–water partition coefficient (Wildman–Crippen LogP) is 2.01. The van der Waals surface area contributed by atoms with Gasteiger partial charge in [0.1, 0.15) is 11.6 Å². The molecule has 0 unspecified atom stereocenters. The third-order valence-electron chi connectivity index (χ3n) is 4.83. The monoisotopic (exact) mass is 387 g/mol. The first-order valence-electron chi connectivity index (χ1n) is 9.02. The first-order chi connectivity index (χ1) is 13.4. The minimum atomic E-state index is -0.449. The smallest absolute Gasteiger partial charge is 0.255 e. The molecule has 1 fully saturated rings. The fourth-order valence-electron chi connectivity index (χ4n) is 3.16. The maximum absolute atomic E-state index is 14.3. The highest BCUT2D eigenvalue weighted by atomic mass is 19.1. The van der Waals surface area contributed by atoms with E-state index in [1.54, 1.807) is 30.0 Å². The minimum Gasteiger partial charge on any atom is -0.469 e. The summed E-state index contributed by atoms with van der Waals surface area (Å²) < 4.78 is 19.4. The maximum Gasteiger partial charge on any atom is 0.255 e. The number of hydrogen-bond donors (Lipinski definition) is 1. The zero-order chi connectivity index (χ0) is 20.3. The van der Waals surface area contributed by atoms with Gasteiger partial charge in [-0.3, -0.25) is 14.4 Å². The lowest BCUT2D eigenvalue weighted by Gasteiger charge is -2.36. The largest absolute Gasteiger partial charge is 0.469 e. The lowest BCUT2D eigenvalue weighted by Crippen LogP contribution is -2.51. The number of rotatable bonds is 5. The summed E-state index contributed by atoms with van der Waals surface area (Å²) in [4.78, 5) is 39.2. The second-order valence-electron chi connectivity index (χ2n) is 6.66. The maximum atomic E-state index is 14.3. The highest BCUT2D eigenvalue weighted by Gasteiger charge is 2.23. The van der Waals surface area contributed by atoms with E-state index in [0.29, 0.717) is 48.8 Å². The van der Waals surface area contributed by atoms with E-state index in [9.17, 15) is 18.8 Å². The van der Waals surface area contributed by atoms with Crippen LogP contribution in [0.15, 0.2) is 34.9 Å². The van der Waals surface area contributed by atoms with Gasteiger partial charge in [-0.1, -0.05) is 0 Å². The molecular weight excluding hydrogens is 365 g/mol. The average molecular weight is 387 g/mol. The summed E-state index contributed by atoms with van der Waals surface area (Å²) in [5.41, 5.74) is 1.15. The van der Waals surface area contributed by atoms with Gasteiger partial charge in [-0.25, -0.2) is 4.39 Å². The van der Waals surface area contributed by atoms with E-state index < -0.39 is 5.82 Å². The number of benzene rings is 1. The molecule has 1 N–H and O–H groups in total. The molecule has 148 valence electrons. The number of carbonyl (C=O) groups is 3. The highest BCUT2D eigenvalue weighted by molar-refractivity contribution is 5.97. The summed E-state index contributed by atoms with van der Waals surface area (Å²) in [6, 6.07) is 5.99. The van der Waals surface area contributed by atoms with E-state index in [0.717, 1.165) is 0 Å². The third kappa shape index (κ3) is 4.21. The molecule has 0 aliphatic carbocycles. The van der Waals surface area contributed by atoms with Crippen LogP contribution in [-0.2, 0) is 4.79 Å². The highest BCUT2D eigenvalue weighted by Crippen LogP contribution is 2.22. The molecule has 0 saturated carbocycles. The molecular formula is C20H22FN3O4. The van der Waals surface area contributed by atoms with Crippen molar-refractivity contribution in [3.63, 3.8) is 0 Å². The molecule has 8 heteroatoms. The SMILES string of the molecule is CC(=O)c1ccc(N2CCN(C(=O)CNC(=O)c3ccoc3C)CC2)c(F)c1. The van der Waals surface area contributed by atoms with Gasteiger partial charge in [0.05, 0.1) is 24.1 Å². The molecule has 1 aromatic carbocycles. The summed E-state index contributed by atoms with van der Waals surface area (Å²) in [7, 11) is 0. The van der Waals surface area contributed by atoms with Crippen LogP contribution >= 0.6 is 0 Å². The fraction of sp³-hybridized carbons (Fsp3) is 0.350. The lowest BCUT2D eigenvalue weighted by molar-refractivity contribution is -0.130. The van der Waals surface area contributed by atoms with Crippen molar-refractivity contribution in [1.82, 2.24) is 10.2 Å². The van der Waals surface area contributed by atoms with Gasteiger partial charge in [0.15, 0.2) is 5.78 Å². The topological polar surface area (TPSA) is 82.9 Å². The lowest BCUT2D eigenvalue weighted by atomic mass is 10.1. The van der Waals surface area contributed by atoms with Crippen LogP contribution in [0.4, 0.5) is 10.1 Å². The molecule has 1 aromatic heterocycles. The average Bonchev–Trinajstić information content (AvgIpc) is 3.12. The fourth-order valence-corrected chi connectivity index (χ4v) is 3.16. The van der Waals surface area contributed by atoms with E-state index in [1.807, 2.05) is 4.90 Å². The molecule has 1 saturated heterocycles. The molecule has 3 rings (SSSR count). The molecule has 28 heavy (non-hydrogen) atoms. The van der Waals surface area contributed by atoms with Crippen molar-refractivity contribution in [3.05, 3.63) is 53.2 Å². The van der Waals surface area contributed by atoms with Crippen molar-refractivity contribution < 1.29 is 23.2 Å². The van der Waals surface area contributed by atoms with Gasteiger partial charge in [-0.2, -0.15) is 0 Å². The van der Waals surface area contributed by atoms with Crippen molar-refractivity contribution in [2.24, 2.45) is 0 Å². The number of hydrogen-bond acceptors (Lipinski definition) is 5. The molecule has 0 atom stereocenters. The Hall–Kier alpha value is -3.16. The number of nitrogens with zero attached hydrogens (tertiary/aromatic N) is 2. The van der Waals surface area contributed by atoms with Crippen molar-refractivity contribution in [3.8, 4) is 0 Å². The van der Waals surface area contributed by atoms with E-state index in [1.165, 1.54) is 19.3 Å². The van der Waals surface area contributed by atoms with Crippen LogP contribution < -0.4 is 10.2 Å². The van der Waals surface area contributed by atoms with Gasteiger partial charge in [0, 0.05) is 31.7 Å². The van der Waals surface area contributed by atoms with Gasteiger partial charge in [-0.15, -0.1) is 0 Å². The van der Waals surface area contributed by atoms with Gasteiger partial charge in [-0.05, 0) is 38.1 Å². The molecule has 0 bridgehead atoms. The Balaban J connectivity index is 1.52. The molecule has 2 heterocycles. The third-order valence-corrected chi connectivity index (χ3v) is 4.83. The molecule has 0 radical (unpaired) electrons. The van der Waals surface area contributed by atoms with Crippen molar-refractivity contribution in [2.75, 3.05) is 37.6 Å². The van der Waals surface area contributed by atoms with E-state index in [2.05, 4.69) is 5.32 Å². The van der Waals surface area contributed by atoms with Crippen molar-refractivity contribution in [1.29, 1.82) is 0 Å². The Morgan fingerprint density at radius 1 is 1.14 bits per heavy atom. The standard InChI is InChI=1S/C20H22FN3O4/c1-13(25)15-3-4-18(17(21)11-15)23-6-8-24(9-7-23)19(26)12-22-20(27)16-5-10-28-14(16)2/h3-5,10-11H,6-9,12H2,1-2H3,(H,22,27). The second kappa shape index (κ2) is 8.24. The first kappa shape index (κ1) is 19.6. The summed E-state index contributed by atoms with van der Waals surface area (Å²) in [6.45, 7) is 4.75. The van der Waals surface area contributed by atoms with Crippen LogP contribution in [0.1, 0.15) is 33.4 Å². The van der Waals surface area contributed by atoms with Crippen LogP contribution in [0.5, 0.6) is 0 Å². The van der Waals surface area contributed by atoms with Crippen LogP contribution in [-0.4, -0.2) is 55.2 Å². The second-order valence-corrected chi connectivity index (χ2v) is 6.66. The van der Waals surface area contributed by atoms with Gasteiger partial charge < -0.3 is 19.5 Å². The zero-order valence-electron chi connectivity index (χ0n) is 15.8. The minimum absolute atomic E-state index is 0.106. The number of amides is 2. The molecule has 1 aliphatic rings. The van der Waals surface area contributed by atoms with E-state index in [4.69, 9.17) is 4.42 Å². The number of aryl methyl sites for hydroxylation is 1. The predicted molar refractivity (Wildman–Crippen MR) is 101 cm³/mol. The Bertz CT molecular complexity index is 901. The van der Waals surface area contributed by atoms with Crippen molar-refractivity contribution >= 4 is 23.3 Å². The quantitative estimate of drug-likeness (QED) is 0.794. The number of carbonyl (C=O) groups excluding carboxylic acids is 3. The van der Waals surface area contributed by atoms with Crippen LogP contribution in [0.2, 0.25) is 0 Å². The number of nitrogens with one attached hydrogen (secondary N) is 1. The number of piperazine rings is 1. The summed E-state index contributed by atoms with van der Waals surface area (Å²) in [6.07, 6.45) is 1.42. The van der Waals surface area contributed by atoms with Crippen LogP contribution in [0.3, 0.4) is 0 Å². The number of furan rings is 1. The Morgan fingerprint density at radius 2 is 1.86 bits per heavy atom. The molecule has 0 spiro atoms. The Labute approximate surface area is 162 Å².